The van der Waals surface area contributed by atoms with E-state index in [0.717, 1.165) is 0 Å². The number of nitrogens with two attached hydrogens (primary N) is 1. The molecule has 3 rings (SSSR count). The van der Waals surface area contributed by atoms with Crippen LogP contribution in [-0.4, -0.2) is 65.4 Å². The molecule has 2 aromatic rings. The highest BCUT2D eigenvalue weighted by molar-refractivity contribution is 7.71. The van der Waals surface area contributed by atoms with Gasteiger partial charge in [0.2, 0.25) is 0 Å². The second kappa shape index (κ2) is 7.26. The van der Waals surface area contributed by atoms with Crippen LogP contribution in [0.25, 0.3) is 11.2 Å². The van der Waals surface area contributed by atoms with E-state index in [2.05, 4.69) is 19.5 Å². The Bertz CT molecular complexity index is 874. The summed E-state index contributed by atoms with van der Waals surface area (Å²) in [5.74, 6) is -1.51. The lowest BCUT2D eigenvalue weighted by molar-refractivity contribution is -0.426. The lowest BCUT2D eigenvalue weighted by Crippen LogP contribution is -2.36. The summed E-state index contributed by atoms with van der Waals surface area (Å²) in [5.41, 5.74) is 6.13. The fourth-order valence-corrected chi connectivity index (χ4v) is 5.06. The van der Waals surface area contributed by atoms with E-state index in [4.69, 9.17) is 10.5 Å². The highest BCUT2D eigenvalue weighted by atomic mass is 31.3. The normalized spacial score (nSPS) is 28.5. The van der Waals surface area contributed by atoms with Gasteiger partial charge in [0.25, 0.3) is 0 Å². The zero-order chi connectivity index (χ0) is 20.0. The molecule has 1 aliphatic heterocycles. The molecule has 0 aromatic carbocycles. The van der Waals surface area contributed by atoms with Crippen molar-refractivity contribution < 1.29 is 43.6 Å². The molecule has 14 nitrogen and oxygen atoms in total. The number of nitrogens with zero attached hydrogens (tertiary/aromatic N) is 4. The highest BCUT2D eigenvalue weighted by Crippen LogP contribution is 2.53. The van der Waals surface area contributed by atoms with E-state index in [-0.39, 0.29) is 17.0 Å². The topological polar surface area (TPSA) is 235 Å². The van der Waals surface area contributed by atoms with Crippen LogP contribution in [0.2, 0.25) is 0 Å². The van der Waals surface area contributed by atoms with Crippen molar-refractivity contribution in [1.29, 1.82) is 0 Å². The number of ether oxygens (including phenoxy) is 1. The maximum Gasteiger partial charge on any atom is 0.363 e. The average molecular weight is 423 g/mol. The largest absolute Gasteiger partial charge is 0.687 e. The van der Waals surface area contributed by atoms with Crippen LogP contribution in [0.4, 0.5) is 5.82 Å². The van der Waals surface area contributed by atoms with Gasteiger partial charge < -0.3 is 44.8 Å². The number of imidazole rings is 1. The minimum Gasteiger partial charge on any atom is -0.687 e. The molecule has 0 saturated carbocycles. The molecule has 1 saturated heterocycles. The van der Waals surface area contributed by atoms with Gasteiger partial charge in [0.1, 0.15) is 36.1 Å². The van der Waals surface area contributed by atoms with Crippen molar-refractivity contribution in [3.63, 3.8) is 0 Å². The Morgan fingerprint density at radius 3 is 2.67 bits per heavy atom. The molecular weight excluding hydrogens is 408 g/mol. The van der Waals surface area contributed by atoms with Crippen LogP contribution in [0.1, 0.15) is 6.23 Å². The lowest BCUT2D eigenvalue weighted by atomic mass is 10.1. The predicted octanol–water partition coefficient (Wildman–Crippen LogP) is -3.97. The zero-order valence-corrected chi connectivity index (χ0v) is 15.2. The standard InChI is InChI=1S/C11H17N5O9P2/c12-9-6-10(14-2-13-9)16(3-15-6)11-8(18)7(17)5(25-11)1-24-27(22,23)4-26(19,20)21/h2-3,5,7-8,11,17-18H,1,4H2,(H,22,23)(H2,12,13,14)(H2,19,20,21)/p-2/t5-,7-,8-,11-/m1/s1. The number of anilines is 1. The monoisotopic (exact) mass is 423 g/mol. The van der Waals surface area contributed by atoms with Crippen LogP contribution in [0.3, 0.4) is 0 Å². The molecule has 5 atom stereocenters. The number of nitrogen functional groups attached to an aromatic ring is 1. The highest BCUT2D eigenvalue weighted by Gasteiger charge is 2.45. The molecule has 1 unspecified atom stereocenters. The van der Waals surface area contributed by atoms with Gasteiger partial charge in [0.05, 0.1) is 12.9 Å². The molecule has 5 N–H and O–H groups in total. The Morgan fingerprint density at radius 1 is 1.30 bits per heavy atom. The SMILES string of the molecule is Nc1ncnc2c1ncn2[C@@H]1O[C@H](COP(=O)(O)C[P+]([O-])([O-])[O-])[C@@H](O)[C@H]1O. The van der Waals surface area contributed by atoms with Crippen LogP contribution in [-0.2, 0) is 13.8 Å². The molecule has 2 aromatic heterocycles. The Balaban J connectivity index is 1.74. The van der Waals surface area contributed by atoms with Crippen molar-refractivity contribution in [3.05, 3.63) is 12.7 Å². The first-order chi connectivity index (χ1) is 12.5. The van der Waals surface area contributed by atoms with Gasteiger partial charge in [-0.25, -0.2) is 15.0 Å². The minimum atomic E-state index is -5.29. The van der Waals surface area contributed by atoms with Gasteiger partial charge in [0.15, 0.2) is 17.7 Å². The van der Waals surface area contributed by atoms with E-state index >= 15 is 0 Å². The number of aliphatic hydroxyl groups is 2. The van der Waals surface area contributed by atoms with Crippen molar-refractivity contribution in [2.75, 3.05) is 18.2 Å². The van der Waals surface area contributed by atoms with Gasteiger partial charge in [-0.1, -0.05) is 0 Å². The quantitative estimate of drug-likeness (QED) is 0.325. The second-order valence-electron chi connectivity index (χ2n) is 5.81. The molecule has 150 valence electrons. The number of aromatic nitrogens is 4. The Kier molecular flexibility index (Phi) is 5.49. The van der Waals surface area contributed by atoms with Crippen molar-refractivity contribution in [2.45, 2.75) is 24.5 Å². The maximum absolute atomic E-state index is 11.6. The van der Waals surface area contributed by atoms with Crippen LogP contribution in [0.15, 0.2) is 12.7 Å². The molecule has 27 heavy (non-hydrogen) atoms. The van der Waals surface area contributed by atoms with E-state index in [1.165, 1.54) is 17.2 Å². The summed E-state index contributed by atoms with van der Waals surface area (Å²) in [6.07, 6.45) is -3.09. The van der Waals surface area contributed by atoms with Crippen molar-refractivity contribution in [3.8, 4) is 0 Å². The summed E-state index contributed by atoms with van der Waals surface area (Å²) in [6, 6.07) is 0. The molecule has 1 fully saturated rings. The van der Waals surface area contributed by atoms with Gasteiger partial charge in [-0.3, -0.25) is 9.13 Å². The summed E-state index contributed by atoms with van der Waals surface area (Å²) in [5, 5.41) is 20.3. The van der Waals surface area contributed by atoms with Crippen molar-refractivity contribution in [1.82, 2.24) is 19.5 Å². The number of aliphatic hydroxyl groups excluding tert-OH is 2. The molecule has 0 amide bonds. The summed E-state index contributed by atoms with van der Waals surface area (Å²) in [6.45, 7) is -0.744. The second-order valence-corrected chi connectivity index (χ2v) is 9.70. The van der Waals surface area contributed by atoms with E-state index in [0.29, 0.717) is 0 Å². The molecule has 1 aliphatic rings. The van der Waals surface area contributed by atoms with Gasteiger partial charge in [-0.15, -0.1) is 0 Å². The third-order valence-electron chi connectivity index (χ3n) is 3.79. The summed E-state index contributed by atoms with van der Waals surface area (Å²) >= 11 is 0. The predicted molar refractivity (Wildman–Crippen MR) is 83.2 cm³/mol. The Labute approximate surface area is 152 Å². The van der Waals surface area contributed by atoms with E-state index in [1.807, 2.05) is 0 Å². The fourth-order valence-electron chi connectivity index (χ4n) is 2.60. The Morgan fingerprint density at radius 2 is 2.00 bits per heavy atom. The summed E-state index contributed by atoms with van der Waals surface area (Å²) in [4.78, 5) is 53.0. The number of hydrogen-bond acceptors (Lipinski definition) is 12. The number of rotatable bonds is 6. The maximum atomic E-state index is 11.6. The van der Waals surface area contributed by atoms with E-state index in [9.17, 15) is 34.4 Å². The summed E-state index contributed by atoms with van der Waals surface area (Å²) in [7, 11) is -10.0. The van der Waals surface area contributed by atoms with Gasteiger partial charge >= 0.3 is 7.60 Å². The fraction of sp³-hybridized carbons (Fsp3) is 0.545. The molecule has 0 spiro atoms. The van der Waals surface area contributed by atoms with Gasteiger partial charge in [-0.05, 0) is 0 Å². The number of fused-ring (bicyclic) bond motifs is 1. The first-order valence-corrected chi connectivity index (χ1v) is 10.9. The molecule has 0 aliphatic carbocycles. The van der Waals surface area contributed by atoms with Crippen LogP contribution in [0.5, 0.6) is 0 Å². The first-order valence-electron chi connectivity index (χ1n) is 7.40. The third kappa shape index (κ3) is 4.41. The first kappa shape index (κ1) is 20.4. The Hall–Kier alpha value is -1.31. The lowest BCUT2D eigenvalue weighted by Gasteiger charge is -2.42. The van der Waals surface area contributed by atoms with Gasteiger partial charge in [-0.2, -0.15) is 7.94 Å². The van der Waals surface area contributed by atoms with Crippen LogP contribution >= 0.6 is 15.5 Å². The molecule has 0 bridgehead atoms. The third-order valence-corrected chi connectivity index (χ3v) is 7.16. The molecule has 16 heteroatoms. The van der Waals surface area contributed by atoms with E-state index < -0.39 is 52.6 Å². The molecule has 3 heterocycles. The number of hydrogen-bond donors (Lipinski definition) is 4. The average Bonchev–Trinajstić information content (AvgIpc) is 3.07. The van der Waals surface area contributed by atoms with Gasteiger partial charge in [0, 0.05) is 0 Å². The zero-order valence-electron chi connectivity index (χ0n) is 13.4. The molecule has 0 radical (unpaired) electrons. The van der Waals surface area contributed by atoms with E-state index in [1.54, 1.807) is 0 Å². The van der Waals surface area contributed by atoms with Crippen molar-refractivity contribution in [2.24, 2.45) is 0 Å². The summed E-state index contributed by atoms with van der Waals surface area (Å²) < 4.78 is 22.9. The molecular formula is C11H15N5O9P2-2. The smallest absolute Gasteiger partial charge is 0.363 e. The van der Waals surface area contributed by atoms with Crippen LogP contribution in [0, 0.1) is 0 Å². The minimum absolute atomic E-state index is 0.0903. The van der Waals surface area contributed by atoms with Crippen molar-refractivity contribution >= 4 is 32.5 Å². The van der Waals surface area contributed by atoms with Crippen LogP contribution < -0.4 is 20.4 Å².